The highest BCUT2D eigenvalue weighted by Crippen LogP contribution is 2.19. The first kappa shape index (κ1) is 17.8. The van der Waals surface area contributed by atoms with Gasteiger partial charge in [0.1, 0.15) is 11.3 Å². The van der Waals surface area contributed by atoms with E-state index in [-0.39, 0.29) is 29.1 Å². The molecule has 1 heterocycles. The van der Waals surface area contributed by atoms with E-state index in [0.717, 1.165) is 0 Å². The van der Waals surface area contributed by atoms with Crippen molar-refractivity contribution >= 4 is 17.8 Å². The minimum absolute atomic E-state index is 0.0197. The molecule has 0 radical (unpaired) electrons. The van der Waals surface area contributed by atoms with E-state index in [9.17, 15) is 19.5 Å². The Morgan fingerprint density at radius 2 is 1.83 bits per heavy atom. The van der Waals surface area contributed by atoms with Crippen LogP contribution in [0.25, 0.3) is 0 Å². The standard InChI is InChI=1S/C17H21NO6/c1-2-23-16(21)12-7-9-18(10-8-12)15(20)11-24-17(22)13-5-3-4-6-14(13)19/h3-6,12,19H,2,7-11H2,1H3. The van der Waals surface area contributed by atoms with Gasteiger partial charge in [-0.05, 0) is 31.9 Å². The highest BCUT2D eigenvalue weighted by Gasteiger charge is 2.28. The molecule has 1 saturated heterocycles. The Kier molecular flexibility index (Phi) is 6.17. The monoisotopic (exact) mass is 335 g/mol. The number of phenols is 1. The number of benzene rings is 1. The number of esters is 2. The zero-order valence-electron chi connectivity index (χ0n) is 13.6. The second kappa shape index (κ2) is 8.33. The number of carbonyl (C=O) groups excluding carboxylic acids is 3. The molecule has 1 aliphatic rings. The van der Waals surface area contributed by atoms with Gasteiger partial charge in [-0.15, -0.1) is 0 Å². The number of likely N-dealkylation sites (tertiary alicyclic amines) is 1. The average molecular weight is 335 g/mol. The number of hydrogen-bond donors (Lipinski definition) is 1. The van der Waals surface area contributed by atoms with E-state index in [1.54, 1.807) is 24.0 Å². The number of aromatic hydroxyl groups is 1. The van der Waals surface area contributed by atoms with Crippen LogP contribution < -0.4 is 0 Å². The number of amides is 1. The minimum atomic E-state index is -0.747. The van der Waals surface area contributed by atoms with E-state index in [0.29, 0.717) is 32.5 Å². The Labute approximate surface area is 140 Å². The SMILES string of the molecule is CCOC(=O)C1CCN(C(=O)COC(=O)c2ccccc2O)CC1. The van der Waals surface area contributed by atoms with Gasteiger partial charge in [0, 0.05) is 13.1 Å². The van der Waals surface area contributed by atoms with Crippen molar-refractivity contribution < 1.29 is 29.0 Å². The van der Waals surface area contributed by atoms with Crippen molar-refractivity contribution in [2.75, 3.05) is 26.3 Å². The number of para-hydroxylation sites is 1. The number of hydrogen-bond acceptors (Lipinski definition) is 6. The van der Waals surface area contributed by atoms with Crippen LogP contribution in [-0.4, -0.2) is 54.2 Å². The average Bonchev–Trinajstić information content (AvgIpc) is 2.60. The molecule has 0 spiro atoms. The van der Waals surface area contributed by atoms with Crippen LogP contribution in [0.15, 0.2) is 24.3 Å². The fourth-order valence-corrected chi connectivity index (χ4v) is 2.57. The molecule has 7 nitrogen and oxygen atoms in total. The van der Waals surface area contributed by atoms with Gasteiger partial charge in [0.25, 0.3) is 5.91 Å². The molecule has 2 rings (SSSR count). The van der Waals surface area contributed by atoms with Crippen molar-refractivity contribution in [3.63, 3.8) is 0 Å². The highest BCUT2D eigenvalue weighted by molar-refractivity contribution is 5.93. The van der Waals surface area contributed by atoms with E-state index in [1.807, 2.05) is 0 Å². The van der Waals surface area contributed by atoms with Crippen molar-refractivity contribution in [1.82, 2.24) is 4.90 Å². The molecule has 0 atom stereocenters. The molecule has 1 aromatic rings. The number of ether oxygens (including phenoxy) is 2. The molecule has 24 heavy (non-hydrogen) atoms. The number of carbonyl (C=O) groups is 3. The van der Waals surface area contributed by atoms with Gasteiger partial charge in [-0.1, -0.05) is 12.1 Å². The Bertz CT molecular complexity index is 607. The van der Waals surface area contributed by atoms with Gasteiger partial charge in [0.2, 0.25) is 0 Å². The summed E-state index contributed by atoms with van der Waals surface area (Å²) < 4.78 is 9.94. The van der Waals surface area contributed by atoms with Gasteiger partial charge in [-0.25, -0.2) is 4.79 Å². The highest BCUT2D eigenvalue weighted by atomic mass is 16.5. The van der Waals surface area contributed by atoms with Crippen LogP contribution in [0, 0.1) is 5.92 Å². The lowest BCUT2D eigenvalue weighted by atomic mass is 9.97. The Balaban J connectivity index is 1.79. The Morgan fingerprint density at radius 1 is 1.17 bits per heavy atom. The van der Waals surface area contributed by atoms with Gasteiger partial charge in [-0.3, -0.25) is 9.59 Å². The summed E-state index contributed by atoms with van der Waals surface area (Å²) in [6, 6.07) is 5.98. The van der Waals surface area contributed by atoms with Crippen LogP contribution in [0.3, 0.4) is 0 Å². The molecule has 1 aromatic carbocycles. The molecule has 0 bridgehead atoms. The van der Waals surface area contributed by atoms with E-state index in [1.165, 1.54) is 12.1 Å². The lowest BCUT2D eigenvalue weighted by molar-refractivity contribution is -0.151. The topological polar surface area (TPSA) is 93.1 Å². The summed E-state index contributed by atoms with van der Waals surface area (Å²) >= 11 is 0. The molecule has 1 aliphatic heterocycles. The lowest BCUT2D eigenvalue weighted by Gasteiger charge is -2.30. The zero-order chi connectivity index (χ0) is 17.5. The first-order valence-corrected chi connectivity index (χ1v) is 7.92. The Hall–Kier alpha value is -2.57. The minimum Gasteiger partial charge on any atom is -0.507 e. The van der Waals surface area contributed by atoms with Crippen LogP contribution >= 0.6 is 0 Å². The lowest BCUT2D eigenvalue weighted by Crippen LogP contribution is -2.42. The van der Waals surface area contributed by atoms with Crippen LogP contribution in [-0.2, 0) is 19.1 Å². The van der Waals surface area contributed by atoms with Crippen LogP contribution in [0.2, 0.25) is 0 Å². The second-order valence-corrected chi connectivity index (χ2v) is 5.50. The summed E-state index contributed by atoms with van der Waals surface area (Å²) in [6.07, 6.45) is 1.08. The van der Waals surface area contributed by atoms with Crippen molar-refractivity contribution in [3.8, 4) is 5.75 Å². The molecule has 130 valence electrons. The zero-order valence-corrected chi connectivity index (χ0v) is 13.6. The third-order valence-electron chi connectivity index (χ3n) is 3.92. The summed E-state index contributed by atoms with van der Waals surface area (Å²) in [4.78, 5) is 37.2. The third kappa shape index (κ3) is 4.47. The second-order valence-electron chi connectivity index (χ2n) is 5.50. The van der Waals surface area contributed by atoms with E-state index >= 15 is 0 Å². The summed E-state index contributed by atoms with van der Waals surface area (Å²) in [5.74, 6) is -1.66. The van der Waals surface area contributed by atoms with Gasteiger partial charge in [-0.2, -0.15) is 0 Å². The number of piperidine rings is 1. The molecule has 0 aromatic heterocycles. The van der Waals surface area contributed by atoms with E-state index in [4.69, 9.17) is 9.47 Å². The summed E-state index contributed by atoms with van der Waals surface area (Å²) in [5, 5.41) is 9.58. The van der Waals surface area contributed by atoms with Crippen molar-refractivity contribution in [2.45, 2.75) is 19.8 Å². The first-order chi connectivity index (χ1) is 11.5. The molecule has 0 saturated carbocycles. The summed E-state index contributed by atoms with van der Waals surface area (Å²) in [7, 11) is 0. The van der Waals surface area contributed by atoms with Crippen molar-refractivity contribution in [3.05, 3.63) is 29.8 Å². The fraction of sp³-hybridized carbons (Fsp3) is 0.471. The quantitative estimate of drug-likeness (QED) is 0.817. The summed E-state index contributed by atoms with van der Waals surface area (Å²) in [5.41, 5.74) is 0.0197. The molecule has 1 amide bonds. The largest absolute Gasteiger partial charge is 0.507 e. The first-order valence-electron chi connectivity index (χ1n) is 7.92. The Morgan fingerprint density at radius 3 is 2.46 bits per heavy atom. The van der Waals surface area contributed by atoms with Crippen molar-refractivity contribution in [1.29, 1.82) is 0 Å². The fourth-order valence-electron chi connectivity index (χ4n) is 2.57. The van der Waals surface area contributed by atoms with Gasteiger partial charge in [0.15, 0.2) is 6.61 Å². The number of phenolic OH excluding ortho intramolecular Hbond substituents is 1. The van der Waals surface area contributed by atoms with Crippen molar-refractivity contribution in [2.24, 2.45) is 5.92 Å². The molecule has 7 heteroatoms. The maximum absolute atomic E-state index is 12.1. The third-order valence-corrected chi connectivity index (χ3v) is 3.92. The normalized spacial score (nSPS) is 15.0. The smallest absolute Gasteiger partial charge is 0.342 e. The predicted octanol–water partition coefficient (Wildman–Crippen LogP) is 1.35. The van der Waals surface area contributed by atoms with Gasteiger partial charge >= 0.3 is 11.9 Å². The molecular formula is C17H21NO6. The van der Waals surface area contributed by atoms with Crippen LogP contribution in [0.1, 0.15) is 30.1 Å². The van der Waals surface area contributed by atoms with Gasteiger partial charge < -0.3 is 19.5 Å². The maximum atomic E-state index is 12.1. The number of nitrogens with zero attached hydrogens (tertiary/aromatic N) is 1. The summed E-state index contributed by atoms with van der Waals surface area (Å²) in [6.45, 7) is 2.57. The molecule has 0 unspecified atom stereocenters. The van der Waals surface area contributed by atoms with Gasteiger partial charge in [0.05, 0.1) is 12.5 Å². The molecular weight excluding hydrogens is 314 g/mol. The maximum Gasteiger partial charge on any atom is 0.342 e. The molecule has 1 fully saturated rings. The van der Waals surface area contributed by atoms with Crippen LogP contribution in [0.4, 0.5) is 0 Å². The molecule has 1 N–H and O–H groups in total. The predicted molar refractivity (Wildman–Crippen MR) is 84.3 cm³/mol. The van der Waals surface area contributed by atoms with E-state index in [2.05, 4.69) is 0 Å². The number of rotatable bonds is 5. The van der Waals surface area contributed by atoms with Crippen LogP contribution in [0.5, 0.6) is 5.75 Å². The molecule has 0 aliphatic carbocycles. The van der Waals surface area contributed by atoms with E-state index < -0.39 is 12.6 Å².